The molecule has 0 bridgehead atoms. The van der Waals surface area contributed by atoms with E-state index < -0.39 is 17.9 Å². The van der Waals surface area contributed by atoms with Crippen LogP contribution in [0, 0.1) is 6.92 Å². The average Bonchev–Trinajstić information content (AvgIpc) is 2.22. The first-order chi connectivity index (χ1) is 7.90. The lowest BCUT2D eigenvalue weighted by atomic mass is 10.1. The van der Waals surface area contributed by atoms with Crippen molar-refractivity contribution in [3.05, 3.63) is 28.8 Å². The van der Waals surface area contributed by atoms with Crippen molar-refractivity contribution in [2.45, 2.75) is 19.4 Å². The van der Waals surface area contributed by atoms with Crippen molar-refractivity contribution < 1.29 is 9.59 Å². The van der Waals surface area contributed by atoms with Gasteiger partial charge >= 0.3 is 0 Å². The van der Waals surface area contributed by atoms with Crippen molar-refractivity contribution in [2.75, 3.05) is 5.32 Å². The third-order valence-electron chi connectivity index (χ3n) is 2.22. The van der Waals surface area contributed by atoms with Gasteiger partial charge in [-0.1, -0.05) is 17.7 Å². The van der Waals surface area contributed by atoms with Gasteiger partial charge in [0.05, 0.1) is 12.5 Å². The Bertz CT molecular complexity index is 452. The minimum absolute atomic E-state index is 0. The third kappa shape index (κ3) is 4.91. The van der Waals surface area contributed by atoms with E-state index in [1.54, 1.807) is 18.2 Å². The van der Waals surface area contributed by atoms with Gasteiger partial charge < -0.3 is 16.8 Å². The number of primary amides is 1. The molecule has 18 heavy (non-hydrogen) atoms. The minimum atomic E-state index is -0.953. The third-order valence-corrected chi connectivity index (χ3v) is 2.45. The van der Waals surface area contributed by atoms with Crippen molar-refractivity contribution >= 4 is 41.5 Å². The fourth-order valence-corrected chi connectivity index (χ4v) is 1.44. The molecule has 0 heterocycles. The van der Waals surface area contributed by atoms with Crippen LogP contribution < -0.4 is 16.8 Å². The van der Waals surface area contributed by atoms with Gasteiger partial charge in [0, 0.05) is 10.7 Å². The number of hydrogen-bond acceptors (Lipinski definition) is 3. The first-order valence-electron chi connectivity index (χ1n) is 5.01. The zero-order chi connectivity index (χ0) is 13.0. The molecule has 2 amide bonds. The number of nitrogens with one attached hydrogen (secondary N) is 1. The van der Waals surface area contributed by atoms with Crippen LogP contribution in [0.3, 0.4) is 0 Å². The van der Waals surface area contributed by atoms with Crippen LogP contribution in [0.2, 0.25) is 5.02 Å². The summed E-state index contributed by atoms with van der Waals surface area (Å²) in [5.41, 5.74) is 11.9. The van der Waals surface area contributed by atoms with Gasteiger partial charge in [-0.15, -0.1) is 12.4 Å². The summed E-state index contributed by atoms with van der Waals surface area (Å²) >= 11 is 5.81. The molecular weight excluding hydrogens is 277 g/mol. The fourth-order valence-electron chi connectivity index (χ4n) is 1.26. The standard InChI is InChI=1S/C11H14ClN3O2.ClH/c1-6-2-3-7(12)4-9(6)15-11(17)8(13)5-10(14)16;/h2-4,8H,5,13H2,1H3,(H2,14,16)(H,15,17);1H. The number of carbonyl (C=O) groups is 2. The summed E-state index contributed by atoms with van der Waals surface area (Å²) < 4.78 is 0. The van der Waals surface area contributed by atoms with Crippen molar-refractivity contribution in [1.29, 1.82) is 0 Å². The van der Waals surface area contributed by atoms with E-state index in [1.165, 1.54) is 0 Å². The Kier molecular flexibility index (Phi) is 6.68. The molecule has 1 atom stereocenters. The molecule has 0 aliphatic heterocycles. The molecule has 7 heteroatoms. The molecule has 5 N–H and O–H groups in total. The molecule has 0 spiro atoms. The summed E-state index contributed by atoms with van der Waals surface area (Å²) in [6, 6.07) is 4.16. The normalized spacial score (nSPS) is 11.3. The molecule has 0 radical (unpaired) electrons. The summed E-state index contributed by atoms with van der Waals surface area (Å²) in [4.78, 5) is 22.3. The van der Waals surface area contributed by atoms with E-state index in [4.69, 9.17) is 23.1 Å². The summed E-state index contributed by atoms with van der Waals surface area (Å²) in [5.74, 6) is -1.08. The molecule has 0 fully saturated rings. The Labute approximate surface area is 116 Å². The highest BCUT2D eigenvalue weighted by Crippen LogP contribution is 2.20. The van der Waals surface area contributed by atoms with Gasteiger partial charge in [-0.3, -0.25) is 9.59 Å². The van der Waals surface area contributed by atoms with E-state index in [2.05, 4.69) is 5.32 Å². The largest absolute Gasteiger partial charge is 0.370 e. The molecule has 0 aromatic heterocycles. The lowest BCUT2D eigenvalue weighted by molar-refractivity contribution is -0.123. The van der Waals surface area contributed by atoms with E-state index in [0.717, 1.165) is 5.56 Å². The Morgan fingerprint density at radius 3 is 2.61 bits per heavy atom. The monoisotopic (exact) mass is 291 g/mol. The van der Waals surface area contributed by atoms with Crippen LogP contribution in [0.25, 0.3) is 0 Å². The molecule has 100 valence electrons. The predicted molar refractivity (Wildman–Crippen MR) is 73.9 cm³/mol. The second-order valence-electron chi connectivity index (χ2n) is 3.73. The molecule has 1 aromatic carbocycles. The van der Waals surface area contributed by atoms with Crippen LogP contribution in [0.1, 0.15) is 12.0 Å². The molecule has 5 nitrogen and oxygen atoms in total. The van der Waals surface area contributed by atoms with Crippen molar-refractivity contribution in [2.24, 2.45) is 11.5 Å². The van der Waals surface area contributed by atoms with Crippen molar-refractivity contribution in [3.8, 4) is 0 Å². The van der Waals surface area contributed by atoms with Gasteiger partial charge in [0.25, 0.3) is 0 Å². The maximum Gasteiger partial charge on any atom is 0.241 e. The van der Waals surface area contributed by atoms with Gasteiger partial charge in [-0.05, 0) is 24.6 Å². The highest BCUT2D eigenvalue weighted by atomic mass is 35.5. The van der Waals surface area contributed by atoms with Gasteiger partial charge in [0.15, 0.2) is 0 Å². The minimum Gasteiger partial charge on any atom is -0.370 e. The average molecular weight is 292 g/mol. The number of amides is 2. The van der Waals surface area contributed by atoms with E-state index in [9.17, 15) is 9.59 Å². The van der Waals surface area contributed by atoms with Crippen LogP contribution in [0.15, 0.2) is 18.2 Å². The lowest BCUT2D eigenvalue weighted by Gasteiger charge is -2.12. The van der Waals surface area contributed by atoms with Crippen molar-refractivity contribution in [3.63, 3.8) is 0 Å². The summed E-state index contributed by atoms with van der Waals surface area (Å²) in [5, 5.41) is 3.11. The van der Waals surface area contributed by atoms with Gasteiger partial charge in [0.1, 0.15) is 0 Å². The first-order valence-corrected chi connectivity index (χ1v) is 5.39. The predicted octanol–water partition coefficient (Wildman–Crippen LogP) is 1.21. The van der Waals surface area contributed by atoms with Crippen LogP contribution in [-0.4, -0.2) is 17.9 Å². The first kappa shape index (κ1) is 16.7. The smallest absolute Gasteiger partial charge is 0.241 e. The molecule has 0 saturated heterocycles. The van der Waals surface area contributed by atoms with E-state index >= 15 is 0 Å². The van der Waals surface area contributed by atoms with E-state index in [1.807, 2.05) is 6.92 Å². The van der Waals surface area contributed by atoms with Crippen LogP contribution >= 0.6 is 24.0 Å². The number of hydrogen-bond donors (Lipinski definition) is 3. The quantitative estimate of drug-likeness (QED) is 0.778. The molecule has 1 rings (SSSR count). The zero-order valence-electron chi connectivity index (χ0n) is 9.77. The molecule has 1 unspecified atom stereocenters. The van der Waals surface area contributed by atoms with E-state index in [-0.39, 0.29) is 18.8 Å². The second kappa shape index (κ2) is 7.20. The summed E-state index contributed by atoms with van der Waals surface area (Å²) in [7, 11) is 0. The van der Waals surface area contributed by atoms with Gasteiger partial charge in [0.2, 0.25) is 11.8 Å². The van der Waals surface area contributed by atoms with Crippen LogP contribution in [-0.2, 0) is 9.59 Å². The van der Waals surface area contributed by atoms with Crippen molar-refractivity contribution in [1.82, 2.24) is 0 Å². The number of carbonyl (C=O) groups excluding carboxylic acids is 2. The molecule has 0 aliphatic rings. The van der Waals surface area contributed by atoms with Gasteiger partial charge in [-0.2, -0.15) is 0 Å². The maximum atomic E-state index is 11.6. The SMILES string of the molecule is Cc1ccc(Cl)cc1NC(=O)C(N)CC(N)=O.Cl. The van der Waals surface area contributed by atoms with E-state index in [0.29, 0.717) is 10.7 Å². The highest BCUT2D eigenvalue weighted by molar-refractivity contribution is 6.31. The number of aryl methyl sites for hydroxylation is 1. The highest BCUT2D eigenvalue weighted by Gasteiger charge is 2.16. The Hall–Kier alpha value is -1.30. The maximum absolute atomic E-state index is 11.6. The Morgan fingerprint density at radius 2 is 2.06 bits per heavy atom. The lowest BCUT2D eigenvalue weighted by Crippen LogP contribution is -2.39. The summed E-state index contributed by atoms with van der Waals surface area (Å²) in [6.07, 6.45) is -0.189. The van der Waals surface area contributed by atoms with Crippen LogP contribution in [0.5, 0.6) is 0 Å². The molecular formula is C11H15Cl2N3O2. The molecule has 0 saturated carbocycles. The Balaban J connectivity index is 0.00000289. The topological polar surface area (TPSA) is 98.2 Å². The molecule has 0 aliphatic carbocycles. The molecule has 1 aromatic rings. The summed E-state index contributed by atoms with van der Waals surface area (Å²) in [6.45, 7) is 1.82. The second-order valence-corrected chi connectivity index (χ2v) is 4.16. The fraction of sp³-hybridized carbons (Fsp3) is 0.273. The zero-order valence-corrected chi connectivity index (χ0v) is 11.3. The number of rotatable bonds is 4. The number of benzene rings is 1. The number of halogens is 2. The van der Waals surface area contributed by atoms with Gasteiger partial charge in [-0.25, -0.2) is 0 Å². The number of nitrogens with two attached hydrogens (primary N) is 2. The number of anilines is 1. The van der Waals surface area contributed by atoms with Crippen LogP contribution in [0.4, 0.5) is 5.69 Å². The Morgan fingerprint density at radius 1 is 1.44 bits per heavy atom.